The third kappa shape index (κ3) is 2.75. The molecule has 1 aliphatic rings. The minimum Gasteiger partial charge on any atom is -0.0648 e. The van der Waals surface area contributed by atoms with Gasteiger partial charge in [-0.2, -0.15) is 0 Å². The third-order valence-corrected chi connectivity index (χ3v) is 5.07. The van der Waals surface area contributed by atoms with Crippen molar-refractivity contribution in [3.63, 3.8) is 0 Å². The lowest BCUT2D eigenvalue weighted by molar-refractivity contribution is 0.734. The lowest BCUT2D eigenvalue weighted by Gasteiger charge is -2.12. The van der Waals surface area contributed by atoms with Crippen LogP contribution in [0.3, 0.4) is 0 Å². The topological polar surface area (TPSA) is 0 Å². The molecule has 0 fully saturated rings. The highest BCUT2D eigenvalue weighted by molar-refractivity contribution is 5.81. The third-order valence-electron chi connectivity index (χ3n) is 5.07. The van der Waals surface area contributed by atoms with Crippen LogP contribution in [0.1, 0.15) is 56.7 Å². The fourth-order valence-corrected chi connectivity index (χ4v) is 3.24. The minimum atomic E-state index is 0.632. The first kappa shape index (κ1) is 15.1. The summed E-state index contributed by atoms with van der Waals surface area (Å²) in [5.74, 6) is 1.27. The Morgan fingerprint density at radius 3 is 2.32 bits per heavy atom. The van der Waals surface area contributed by atoms with Crippen LogP contribution in [0.15, 0.2) is 48.0 Å². The van der Waals surface area contributed by atoms with Crippen molar-refractivity contribution < 1.29 is 0 Å². The molecule has 0 bridgehead atoms. The fraction of sp³-hybridized carbons (Fsp3) is 0.364. The second-order valence-electron chi connectivity index (χ2n) is 6.86. The SMILES string of the molecule is CCC(C)c1ccc(-c2cccc3c2C=C(C(C)C)C3)cc1. The monoisotopic (exact) mass is 290 g/mol. The number of benzene rings is 2. The van der Waals surface area contributed by atoms with Gasteiger partial charge in [0.05, 0.1) is 0 Å². The van der Waals surface area contributed by atoms with Crippen molar-refractivity contribution in [1.82, 2.24) is 0 Å². The maximum Gasteiger partial charge on any atom is -0.00550 e. The predicted octanol–water partition coefficient (Wildman–Crippen LogP) is 6.46. The quantitative estimate of drug-likeness (QED) is 0.606. The molecule has 0 spiro atoms. The maximum absolute atomic E-state index is 2.41. The van der Waals surface area contributed by atoms with E-state index in [9.17, 15) is 0 Å². The summed E-state index contributed by atoms with van der Waals surface area (Å²) < 4.78 is 0. The van der Waals surface area contributed by atoms with E-state index in [-0.39, 0.29) is 0 Å². The van der Waals surface area contributed by atoms with Gasteiger partial charge >= 0.3 is 0 Å². The molecule has 22 heavy (non-hydrogen) atoms. The summed E-state index contributed by atoms with van der Waals surface area (Å²) in [7, 11) is 0. The van der Waals surface area contributed by atoms with Gasteiger partial charge in [-0.25, -0.2) is 0 Å². The van der Waals surface area contributed by atoms with Gasteiger partial charge < -0.3 is 0 Å². The molecule has 0 saturated heterocycles. The highest BCUT2D eigenvalue weighted by Crippen LogP contribution is 2.36. The fourth-order valence-electron chi connectivity index (χ4n) is 3.24. The van der Waals surface area contributed by atoms with Crippen LogP contribution in [-0.2, 0) is 6.42 Å². The van der Waals surface area contributed by atoms with E-state index in [0.717, 1.165) is 6.42 Å². The summed E-state index contributed by atoms with van der Waals surface area (Å²) >= 11 is 0. The van der Waals surface area contributed by atoms with Crippen molar-refractivity contribution in [2.24, 2.45) is 5.92 Å². The van der Waals surface area contributed by atoms with E-state index < -0.39 is 0 Å². The molecular formula is C22H26. The average Bonchev–Trinajstić information content (AvgIpc) is 2.98. The molecule has 0 radical (unpaired) electrons. The second kappa shape index (κ2) is 6.12. The Hall–Kier alpha value is -1.82. The zero-order valence-electron chi connectivity index (χ0n) is 14.2. The highest BCUT2D eigenvalue weighted by Gasteiger charge is 2.18. The smallest absolute Gasteiger partial charge is 0.00550 e. The molecule has 0 saturated carbocycles. The number of hydrogen-bond donors (Lipinski definition) is 0. The van der Waals surface area contributed by atoms with Crippen molar-refractivity contribution in [2.45, 2.75) is 46.5 Å². The first-order valence-electron chi connectivity index (χ1n) is 8.52. The van der Waals surface area contributed by atoms with Crippen LogP contribution in [0.4, 0.5) is 0 Å². The van der Waals surface area contributed by atoms with Gasteiger partial charge in [0.1, 0.15) is 0 Å². The van der Waals surface area contributed by atoms with Crippen LogP contribution in [-0.4, -0.2) is 0 Å². The molecule has 1 unspecified atom stereocenters. The van der Waals surface area contributed by atoms with Crippen LogP contribution < -0.4 is 0 Å². The molecule has 3 rings (SSSR count). The zero-order valence-corrected chi connectivity index (χ0v) is 14.2. The molecule has 0 aliphatic heterocycles. The van der Waals surface area contributed by atoms with E-state index in [4.69, 9.17) is 0 Å². The van der Waals surface area contributed by atoms with Gasteiger partial charge in [-0.15, -0.1) is 0 Å². The lowest BCUT2D eigenvalue weighted by Crippen LogP contribution is -1.93. The summed E-state index contributed by atoms with van der Waals surface area (Å²) in [5, 5.41) is 0. The number of fused-ring (bicyclic) bond motifs is 1. The summed E-state index contributed by atoms with van der Waals surface area (Å²) in [4.78, 5) is 0. The minimum absolute atomic E-state index is 0.632. The number of allylic oxidation sites excluding steroid dienone is 1. The summed E-state index contributed by atoms with van der Waals surface area (Å²) in [5.41, 5.74) is 8.62. The Labute approximate surface area is 134 Å². The predicted molar refractivity (Wildman–Crippen MR) is 97.1 cm³/mol. The first-order valence-corrected chi connectivity index (χ1v) is 8.52. The van der Waals surface area contributed by atoms with Gasteiger partial charge in [0.2, 0.25) is 0 Å². The summed E-state index contributed by atoms with van der Waals surface area (Å²) in [6.07, 6.45) is 4.73. The Kier molecular flexibility index (Phi) is 4.20. The van der Waals surface area contributed by atoms with Crippen LogP contribution >= 0.6 is 0 Å². The van der Waals surface area contributed by atoms with E-state index in [1.807, 2.05) is 0 Å². The summed E-state index contributed by atoms with van der Waals surface area (Å²) in [6.45, 7) is 9.13. The van der Waals surface area contributed by atoms with Crippen LogP contribution in [0.5, 0.6) is 0 Å². The van der Waals surface area contributed by atoms with E-state index in [0.29, 0.717) is 11.8 Å². The zero-order chi connectivity index (χ0) is 15.7. The van der Waals surface area contributed by atoms with Gasteiger partial charge in [0.25, 0.3) is 0 Å². The number of rotatable bonds is 4. The molecule has 2 aromatic carbocycles. The van der Waals surface area contributed by atoms with E-state index in [1.165, 1.54) is 34.2 Å². The van der Waals surface area contributed by atoms with Crippen LogP contribution in [0, 0.1) is 5.92 Å². The Morgan fingerprint density at radius 2 is 1.68 bits per heavy atom. The van der Waals surface area contributed by atoms with E-state index >= 15 is 0 Å². The van der Waals surface area contributed by atoms with Crippen molar-refractivity contribution in [3.8, 4) is 11.1 Å². The van der Waals surface area contributed by atoms with Gasteiger partial charge in [-0.1, -0.05) is 81.8 Å². The molecule has 114 valence electrons. The van der Waals surface area contributed by atoms with Crippen molar-refractivity contribution >= 4 is 6.08 Å². The molecule has 0 heterocycles. The molecule has 0 aromatic heterocycles. The molecule has 0 N–H and O–H groups in total. The van der Waals surface area contributed by atoms with E-state index in [1.54, 1.807) is 5.57 Å². The summed E-state index contributed by atoms with van der Waals surface area (Å²) in [6, 6.07) is 15.9. The average molecular weight is 290 g/mol. The Morgan fingerprint density at radius 1 is 0.955 bits per heavy atom. The van der Waals surface area contributed by atoms with Crippen LogP contribution in [0.25, 0.3) is 17.2 Å². The molecule has 0 heteroatoms. The van der Waals surface area contributed by atoms with E-state index in [2.05, 4.69) is 76.2 Å². The molecule has 2 aromatic rings. The second-order valence-corrected chi connectivity index (χ2v) is 6.86. The Balaban J connectivity index is 1.99. The maximum atomic E-state index is 2.41. The standard InChI is InChI=1S/C22H26/c1-5-16(4)17-9-11-18(12-10-17)21-8-6-7-19-13-20(15(2)3)14-22(19)21/h6-12,14-16H,5,13H2,1-4H3. The van der Waals surface area contributed by atoms with Crippen LogP contribution in [0.2, 0.25) is 0 Å². The van der Waals surface area contributed by atoms with Crippen molar-refractivity contribution in [2.75, 3.05) is 0 Å². The first-order chi connectivity index (χ1) is 10.6. The molecule has 1 aliphatic carbocycles. The number of hydrogen-bond acceptors (Lipinski definition) is 0. The molecular weight excluding hydrogens is 264 g/mol. The lowest BCUT2D eigenvalue weighted by atomic mass is 9.93. The molecule has 0 nitrogen and oxygen atoms in total. The molecule has 0 amide bonds. The van der Waals surface area contributed by atoms with Gasteiger partial charge in [-0.3, -0.25) is 0 Å². The largest absolute Gasteiger partial charge is 0.0648 e. The Bertz CT molecular complexity index is 686. The van der Waals surface area contributed by atoms with Crippen molar-refractivity contribution in [1.29, 1.82) is 0 Å². The van der Waals surface area contributed by atoms with Crippen molar-refractivity contribution in [3.05, 3.63) is 64.7 Å². The molecule has 1 atom stereocenters. The normalized spacial score (nSPS) is 14.9. The van der Waals surface area contributed by atoms with Gasteiger partial charge in [-0.05, 0) is 52.5 Å². The highest BCUT2D eigenvalue weighted by atomic mass is 14.2. The van der Waals surface area contributed by atoms with Gasteiger partial charge in [0, 0.05) is 0 Å². The van der Waals surface area contributed by atoms with Gasteiger partial charge in [0.15, 0.2) is 0 Å².